The Bertz CT molecular complexity index is 215. The number of rotatable bonds is 3. The fourth-order valence-corrected chi connectivity index (χ4v) is 3.10. The van der Waals surface area contributed by atoms with Crippen LogP contribution in [-0.4, -0.2) is 34.6 Å². The molecule has 1 N–H and O–H groups in total. The first-order chi connectivity index (χ1) is 6.72. The van der Waals surface area contributed by atoms with Gasteiger partial charge in [-0.05, 0) is 38.6 Å². The molecule has 0 aromatic rings. The first-order valence-electron chi connectivity index (χ1n) is 5.71. The molecule has 2 aliphatic rings. The molecule has 0 aromatic carbocycles. The SMILES string of the molecule is CCCN1[C@@H]2CC[C@@H]1CC(C(=O)O)C2. The second kappa shape index (κ2) is 3.89. The number of nitrogens with zero attached hydrogens (tertiary/aromatic N) is 1. The predicted molar refractivity (Wildman–Crippen MR) is 54.2 cm³/mol. The lowest BCUT2D eigenvalue weighted by Gasteiger charge is -2.37. The van der Waals surface area contributed by atoms with Crippen molar-refractivity contribution in [1.29, 1.82) is 0 Å². The summed E-state index contributed by atoms with van der Waals surface area (Å²) in [5.41, 5.74) is 0. The van der Waals surface area contributed by atoms with E-state index in [1.54, 1.807) is 0 Å². The van der Waals surface area contributed by atoms with Gasteiger partial charge in [0.25, 0.3) is 0 Å². The van der Waals surface area contributed by atoms with Gasteiger partial charge >= 0.3 is 5.97 Å². The molecule has 14 heavy (non-hydrogen) atoms. The molecule has 0 saturated carbocycles. The third kappa shape index (κ3) is 1.65. The molecule has 0 amide bonds. The van der Waals surface area contributed by atoms with E-state index in [4.69, 9.17) is 5.11 Å². The summed E-state index contributed by atoms with van der Waals surface area (Å²) in [6, 6.07) is 1.13. The van der Waals surface area contributed by atoms with Gasteiger partial charge in [0.1, 0.15) is 0 Å². The van der Waals surface area contributed by atoms with Crippen molar-refractivity contribution in [2.45, 2.75) is 51.1 Å². The molecule has 2 aliphatic heterocycles. The molecule has 2 rings (SSSR count). The quantitative estimate of drug-likeness (QED) is 0.749. The highest BCUT2D eigenvalue weighted by Crippen LogP contribution is 2.38. The summed E-state index contributed by atoms with van der Waals surface area (Å²) in [4.78, 5) is 13.5. The number of fused-ring (bicyclic) bond motifs is 2. The van der Waals surface area contributed by atoms with Gasteiger partial charge in [0, 0.05) is 12.1 Å². The van der Waals surface area contributed by atoms with Crippen LogP contribution in [0.4, 0.5) is 0 Å². The van der Waals surface area contributed by atoms with Crippen LogP contribution in [0.25, 0.3) is 0 Å². The third-order valence-electron chi connectivity index (χ3n) is 3.72. The van der Waals surface area contributed by atoms with Crippen molar-refractivity contribution in [3.63, 3.8) is 0 Å². The second-order valence-corrected chi connectivity index (χ2v) is 4.63. The van der Waals surface area contributed by atoms with E-state index in [0.717, 1.165) is 19.4 Å². The van der Waals surface area contributed by atoms with E-state index >= 15 is 0 Å². The summed E-state index contributed by atoms with van der Waals surface area (Å²) in [6.45, 7) is 3.35. The van der Waals surface area contributed by atoms with Gasteiger partial charge in [-0.2, -0.15) is 0 Å². The Kier molecular flexibility index (Phi) is 2.77. The van der Waals surface area contributed by atoms with Gasteiger partial charge in [0.2, 0.25) is 0 Å². The highest BCUT2D eigenvalue weighted by molar-refractivity contribution is 5.70. The van der Waals surface area contributed by atoms with Crippen molar-refractivity contribution in [3.05, 3.63) is 0 Å². The minimum absolute atomic E-state index is 0.0689. The first kappa shape index (κ1) is 9.97. The molecule has 0 aromatic heterocycles. The fraction of sp³-hybridized carbons (Fsp3) is 0.909. The first-order valence-corrected chi connectivity index (χ1v) is 5.71. The maximum Gasteiger partial charge on any atom is 0.306 e. The molecule has 2 fully saturated rings. The zero-order chi connectivity index (χ0) is 10.1. The van der Waals surface area contributed by atoms with E-state index in [1.165, 1.54) is 19.3 Å². The summed E-state index contributed by atoms with van der Waals surface area (Å²) >= 11 is 0. The molecule has 2 atom stereocenters. The van der Waals surface area contributed by atoms with Gasteiger partial charge in [-0.15, -0.1) is 0 Å². The number of carboxylic acids is 1. The third-order valence-corrected chi connectivity index (χ3v) is 3.72. The van der Waals surface area contributed by atoms with E-state index in [9.17, 15) is 4.79 Å². The van der Waals surface area contributed by atoms with E-state index in [1.807, 2.05) is 0 Å². The second-order valence-electron chi connectivity index (χ2n) is 4.63. The molecule has 0 spiro atoms. The summed E-state index contributed by atoms with van der Waals surface area (Å²) in [7, 11) is 0. The molecule has 3 nitrogen and oxygen atoms in total. The Balaban J connectivity index is 2.01. The van der Waals surface area contributed by atoms with Gasteiger partial charge in [-0.25, -0.2) is 0 Å². The highest BCUT2D eigenvalue weighted by Gasteiger charge is 2.42. The van der Waals surface area contributed by atoms with E-state index < -0.39 is 5.97 Å². The van der Waals surface area contributed by atoms with Crippen molar-refractivity contribution in [2.75, 3.05) is 6.54 Å². The van der Waals surface area contributed by atoms with Crippen molar-refractivity contribution in [3.8, 4) is 0 Å². The summed E-state index contributed by atoms with van der Waals surface area (Å²) in [5.74, 6) is -0.654. The highest BCUT2D eigenvalue weighted by atomic mass is 16.4. The number of carboxylic acid groups (broad SMARTS) is 1. The van der Waals surface area contributed by atoms with Crippen molar-refractivity contribution in [2.24, 2.45) is 5.92 Å². The van der Waals surface area contributed by atoms with E-state index in [0.29, 0.717) is 12.1 Å². The van der Waals surface area contributed by atoms with Gasteiger partial charge in [0.15, 0.2) is 0 Å². The smallest absolute Gasteiger partial charge is 0.306 e. The number of hydrogen-bond acceptors (Lipinski definition) is 2. The topological polar surface area (TPSA) is 40.5 Å². The maximum atomic E-state index is 10.9. The van der Waals surface area contributed by atoms with Crippen molar-refractivity contribution >= 4 is 5.97 Å². The average Bonchev–Trinajstić information content (AvgIpc) is 2.40. The molecule has 80 valence electrons. The Morgan fingerprint density at radius 1 is 1.36 bits per heavy atom. The molecule has 2 bridgehead atoms. The molecular formula is C11H19NO2. The van der Waals surface area contributed by atoms with E-state index in [2.05, 4.69) is 11.8 Å². The minimum atomic E-state index is -0.585. The van der Waals surface area contributed by atoms with Crippen LogP contribution in [0.5, 0.6) is 0 Å². The molecule has 0 aliphatic carbocycles. The van der Waals surface area contributed by atoms with Crippen LogP contribution in [0.3, 0.4) is 0 Å². The van der Waals surface area contributed by atoms with Crippen LogP contribution in [-0.2, 0) is 4.79 Å². The summed E-state index contributed by atoms with van der Waals surface area (Å²) in [6.07, 6.45) is 5.38. The Morgan fingerprint density at radius 3 is 2.36 bits per heavy atom. The van der Waals surface area contributed by atoms with Gasteiger partial charge in [-0.1, -0.05) is 6.92 Å². The number of piperidine rings is 1. The van der Waals surface area contributed by atoms with E-state index in [-0.39, 0.29) is 5.92 Å². The number of aliphatic carboxylic acids is 1. The fourth-order valence-electron chi connectivity index (χ4n) is 3.10. The zero-order valence-corrected chi connectivity index (χ0v) is 8.78. The van der Waals surface area contributed by atoms with Crippen LogP contribution in [0.2, 0.25) is 0 Å². The lowest BCUT2D eigenvalue weighted by molar-refractivity contribution is -0.144. The minimum Gasteiger partial charge on any atom is -0.481 e. The van der Waals surface area contributed by atoms with Crippen LogP contribution < -0.4 is 0 Å². The average molecular weight is 197 g/mol. The largest absolute Gasteiger partial charge is 0.481 e. The molecule has 2 saturated heterocycles. The van der Waals surface area contributed by atoms with Crippen LogP contribution >= 0.6 is 0 Å². The molecule has 0 unspecified atom stereocenters. The van der Waals surface area contributed by atoms with Gasteiger partial charge in [0.05, 0.1) is 5.92 Å². The Morgan fingerprint density at radius 2 is 1.93 bits per heavy atom. The molecular weight excluding hydrogens is 178 g/mol. The number of carbonyl (C=O) groups is 1. The zero-order valence-electron chi connectivity index (χ0n) is 8.78. The van der Waals surface area contributed by atoms with Gasteiger partial charge < -0.3 is 5.11 Å². The van der Waals surface area contributed by atoms with Crippen LogP contribution in [0, 0.1) is 5.92 Å². The maximum absolute atomic E-state index is 10.9. The van der Waals surface area contributed by atoms with Crippen molar-refractivity contribution < 1.29 is 9.90 Å². The Labute approximate surface area is 85.1 Å². The van der Waals surface area contributed by atoms with Gasteiger partial charge in [-0.3, -0.25) is 9.69 Å². The normalized spacial score (nSPS) is 37.4. The molecule has 3 heteroatoms. The Hall–Kier alpha value is -0.570. The predicted octanol–water partition coefficient (Wildman–Crippen LogP) is 1.72. The molecule has 0 radical (unpaired) electrons. The summed E-state index contributed by atoms with van der Waals surface area (Å²) < 4.78 is 0. The summed E-state index contributed by atoms with van der Waals surface area (Å²) in [5, 5.41) is 9.00. The monoisotopic (exact) mass is 197 g/mol. The lowest BCUT2D eigenvalue weighted by atomic mass is 9.91. The van der Waals surface area contributed by atoms with Crippen LogP contribution in [0.15, 0.2) is 0 Å². The molecule has 2 heterocycles. The van der Waals surface area contributed by atoms with Crippen molar-refractivity contribution in [1.82, 2.24) is 4.90 Å². The lowest BCUT2D eigenvalue weighted by Crippen LogP contribution is -2.44. The number of hydrogen-bond donors (Lipinski definition) is 1. The standard InChI is InChI=1S/C11H19NO2/c1-2-5-12-9-3-4-10(12)7-8(6-9)11(13)14/h8-10H,2-7H2,1H3,(H,13,14)/t9-,10-/m1/s1. The van der Waals surface area contributed by atoms with Crippen LogP contribution in [0.1, 0.15) is 39.0 Å².